The number of hydrogen-bond acceptors (Lipinski definition) is 3. The fourth-order valence-electron chi connectivity index (χ4n) is 2.61. The summed E-state index contributed by atoms with van der Waals surface area (Å²) >= 11 is 3.35. The zero-order valence-corrected chi connectivity index (χ0v) is 12.8. The summed E-state index contributed by atoms with van der Waals surface area (Å²) in [5.74, 6) is 0.595. The maximum absolute atomic E-state index is 12.3. The maximum atomic E-state index is 12.3. The van der Waals surface area contributed by atoms with Gasteiger partial charge in [-0.25, -0.2) is 0 Å². The van der Waals surface area contributed by atoms with Gasteiger partial charge in [-0.05, 0) is 56.3 Å². The van der Waals surface area contributed by atoms with Crippen molar-refractivity contribution in [3.63, 3.8) is 0 Å². The van der Waals surface area contributed by atoms with Gasteiger partial charge in [0.1, 0.15) is 6.07 Å². The smallest absolute Gasteiger partial charge is 0.227 e. The molecular formula is C15H18BrN3O. The van der Waals surface area contributed by atoms with E-state index in [1.807, 2.05) is 0 Å². The molecule has 5 heteroatoms. The molecule has 0 bridgehead atoms. The normalized spacial score (nSPS) is 22.1. The summed E-state index contributed by atoms with van der Waals surface area (Å²) in [5.41, 5.74) is 6.72. The Labute approximate surface area is 127 Å². The molecule has 2 rings (SSSR count). The molecule has 1 fully saturated rings. The lowest BCUT2D eigenvalue weighted by Crippen LogP contribution is -2.29. The van der Waals surface area contributed by atoms with Crippen LogP contribution in [0, 0.1) is 23.2 Å². The third-order valence-corrected chi connectivity index (χ3v) is 4.40. The van der Waals surface area contributed by atoms with Gasteiger partial charge in [-0.15, -0.1) is 0 Å². The number of carbonyl (C=O) groups excluding carboxylic acids is 1. The second-order valence-corrected chi connectivity index (χ2v) is 6.16. The summed E-state index contributed by atoms with van der Waals surface area (Å²) in [6.07, 6.45) is 3.78. The first-order valence-electron chi connectivity index (χ1n) is 6.84. The number of carbonyl (C=O) groups is 1. The summed E-state index contributed by atoms with van der Waals surface area (Å²) in [4.78, 5) is 12.3. The number of benzene rings is 1. The van der Waals surface area contributed by atoms with Crippen molar-refractivity contribution in [2.24, 2.45) is 17.6 Å². The van der Waals surface area contributed by atoms with Gasteiger partial charge in [0, 0.05) is 10.4 Å². The fourth-order valence-corrected chi connectivity index (χ4v) is 2.97. The predicted molar refractivity (Wildman–Crippen MR) is 82.0 cm³/mol. The number of nitrogens with two attached hydrogens (primary N) is 1. The molecule has 0 spiro atoms. The van der Waals surface area contributed by atoms with Gasteiger partial charge in [0.2, 0.25) is 5.91 Å². The van der Waals surface area contributed by atoms with E-state index in [1.54, 1.807) is 18.2 Å². The second-order valence-electron chi connectivity index (χ2n) is 5.24. The van der Waals surface area contributed by atoms with Gasteiger partial charge in [0.15, 0.2) is 0 Å². The van der Waals surface area contributed by atoms with Gasteiger partial charge in [0.25, 0.3) is 0 Å². The molecule has 1 aliphatic carbocycles. The molecule has 0 aliphatic heterocycles. The highest BCUT2D eigenvalue weighted by atomic mass is 79.9. The molecule has 20 heavy (non-hydrogen) atoms. The number of hydrogen-bond donors (Lipinski definition) is 2. The predicted octanol–water partition coefficient (Wildman–Crippen LogP) is 3.02. The molecule has 1 aromatic rings. The number of nitriles is 1. The Balaban J connectivity index is 2.02. The van der Waals surface area contributed by atoms with Gasteiger partial charge in [-0.3, -0.25) is 4.79 Å². The van der Waals surface area contributed by atoms with Crippen LogP contribution in [0.3, 0.4) is 0 Å². The van der Waals surface area contributed by atoms with Crippen molar-refractivity contribution in [3.05, 3.63) is 28.2 Å². The van der Waals surface area contributed by atoms with E-state index in [0.717, 1.165) is 30.2 Å². The van der Waals surface area contributed by atoms with Crippen LogP contribution in [0.4, 0.5) is 5.69 Å². The first kappa shape index (κ1) is 15.0. The van der Waals surface area contributed by atoms with Crippen molar-refractivity contribution < 1.29 is 4.79 Å². The molecule has 1 saturated carbocycles. The van der Waals surface area contributed by atoms with E-state index in [1.165, 1.54) is 0 Å². The summed E-state index contributed by atoms with van der Waals surface area (Å²) in [6.45, 7) is 0.707. The number of halogens is 1. The summed E-state index contributed by atoms with van der Waals surface area (Å²) in [7, 11) is 0. The van der Waals surface area contributed by atoms with E-state index in [4.69, 9.17) is 11.0 Å². The Kier molecular flexibility index (Phi) is 5.16. The SMILES string of the molecule is N#Cc1ccc(Br)cc1NC(=O)C1CCC(CN)CC1. The van der Waals surface area contributed by atoms with Crippen LogP contribution in [0.2, 0.25) is 0 Å². The molecule has 0 atom stereocenters. The van der Waals surface area contributed by atoms with E-state index >= 15 is 0 Å². The van der Waals surface area contributed by atoms with Crippen molar-refractivity contribution in [2.45, 2.75) is 25.7 Å². The highest BCUT2D eigenvalue weighted by Gasteiger charge is 2.26. The number of nitrogens with zero attached hydrogens (tertiary/aromatic N) is 1. The van der Waals surface area contributed by atoms with Gasteiger partial charge in [0.05, 0.1) is 11.3 Å². The van der Waals surface area contributed by atoms with E-state index in [2.05, 4.69) is 27.3 Å². The first-order chi connectivity index (χ1) is 9.63. The lowest BCUT2D eigenvalue weighted by molar-refractivity contribution is -0.121. The minimum atomic E-state index is 0.00933. The summed E-state index contributed by atoms with van der Waals surface area (Å²) < 4.78 is 0.846. The van der Waals surface area contributed by atoms with E-state index < -0.39 is 0 Å². The molecule has 0 aromatic heterocycles. The number of rotatable bonds is 3. The minimum absolute atomic E-state index is 0.00933. The largest absolute Gasteiger partial charge is 0.330 e. The third-order valence-electron chi connectivity index (χ3n) is 3.91. The first-order valence-corrected chi connectivity index (χ1v) is 7.64. The maximum Gasteiger partial charge on any atom is 0.227 e. The van der Waals surface area contributed by atoms with Crippen LogP contribution in [0.5, 0.6) is 0 Å². The van der Waals surface area contributed by atoms with Crippen LogP contribution in [0.25, 0.3) is 0 Å². The average Bonchev–Trinajstić information content (AvgIpc) is 2.47. The third kappa shape index (κ3) is 3.59. The quantitative estimate of drug-likeness (QED) is 0.890. The Morgan fingerprint density at radius 2 is 2.10 bits per heavy atom. The Morgan fingerprint density at radius 3 is 2.70 bits per heavy atom. The standard InChI is InChI=1S/C15H18BrN3O/c16-13-6-5-12(9-18)14(7-13)19-15(20)11-3-1-10(8-17)2-4-11/h5-7,10-11H,1-4,8,17H2,(H,19,20). The molecule has 0 saturated heterocycles. The summed E-state index contributed by atoms with van der Waals surface area (Å²) in [6, 6.07) is 7.35. The van der Waals surface area contributed by atoms with Gasteiger partial charge in [-0.2, -0.15) is 5.26 Å². The molecule has 3 N–H and O–H groups in total. The van der Waals surface area contributed by atoms with Crippen molar-refractivity contribution in [3.8, 4) is 6.07 Å². The number of amides is 1. The zero-order chi connectivity index (χ0) is 14.5. The number of anilines is 1. The molecule has 1 amide bonds. The fraction of sp³-hybridized carbons (Fsp3) is 0.467. The average molecular weight is 336 g/mol. The molecule has 4 nitrogen and oxygen atoms in total. The van der Waals surface area contributed by atoms with Crippen molar-refractivity contribution in [1.29, 1.82) is 5.26 Å². The van der Waals surface area contributed by atoms with Crippen LogP contribution < -0.4 is 11.1 Å². The Morgan fingerprint density at radius 1 is 1.40 bits per heavy atom. The molecule has 0 unspecified atom stereocenters. The monoisotopic (exact) mass is 335 g/mol. The van der Waals surface area contributed by atoms with Gasteiger partial charge in [-0.1, -0.05) is 15.9 Å². The lowest BCUT2D eigenvalue weighted by Gasteiger charge is -2.26. The zero-order valence-electron chi connectivity index (χ0n) is 11.2. The minimum Gasteiger partial charge on any atom is -0.330 e. The van der Waals surface area contributed by atoms with Gasteiger partial charge >= 0.3 is 0 Å². The summed E-state index contributed by atoms with van der Waals surface area (Å²) in [5, 5.41) is 12.0. The van der Waals surface area contributed by atoms with Crippen molar-refractivity contribution in [2.75, 3.05) is 11.9 Å². The van der Waals surface area contributed by atoms with E-state index in [0.29, 0.717) is 23.7 Å². The molecule has 1 aliphatic rings. The van der Waals surface area contributed by atoms with Crippen LogP contribution in [-0.2, 0) is 4.79 Å². The van der Waals surface area contributed by atoms with Crippen LogP contribution >= 0.6 is 15.9 Å². The van der Waals surface area contributed by atoms with Gasteiger partial charge < -0.3 is 11.1 Å². The Hall–Kier alpha value is -1.38. The van der Waals surface area contributed by atoms with Crippen LogP contribution in [0.1, 0.15) is 31.2 Å². The molecule has 106 valence electrons. The second kappa shape index (κ2) is 6.87. The lowest BCUT2D eigenvalue weighted by atomic mass is 9.81. The van der Waals surface area contributed by atoms with E-state index in [-0.39, 0.29) is 11.8 Å². The molecular weight excluding hydrogens is 318 g/mol. The van der Waals surface area contributed by atoms with Crippen molar-refractivity contribution in [1.82, 2.24) is 0 Å². The highest BCUT2D eigenvalue weighted by molar-refractivity contribution is 9.10. The molecule has 0 heterocycles. The van der Waals surface area contributed by atoms with E-state index in [9.17, 15) is 4.79 Å². The highest BCUT2D eigenvalue weighted by Crippen LogP contribution is 2.29. The van der Waals surface area contributed by atoms with Crippen molar-refractivity contribution >= 4 is 27.5 Å². The topological polar surface area (TPSA) is 78.9 Å². The van der Waals surface area contributed by atoms with Crippen LogP contribution in [-0.4, -0.2) is 12.5 Å². The Bertz CT molecular complexity index is 530. The molecule has 1 aromatic carbocycles. The molecule has 0 radical (unpaired) electrons. The number of nitrogens with one attached hydrogen (secondary N) is 1. The van der Waals surface area contributed by atoms with Crippen LogP contribution in [0.15, 0.2) is 22.7 Å².